The largest absolute Gasteiger partial charge is 0.394 e. The van der Waals surface area contributed by atoms with Gasteiger partial charge in [0.05, 0.1) is 12.9 Å². The van der Waals surface area contributed by atoms with Gasteiger partial charge in [0.15, 0.2) is 23.0 Å². The van der Waals surface area contributed by atoms with Gasteiger partial charge in [0, 0.05) is 5.92 Å². The fourth-order valence-electron chi connectivity index (χ4n) is 4.27. The van der Waals surface area contributed by atoms with Crippen molar-refractivity contribution in [3.05, 3.63) is 18.5 Å². The van der Waals surface area contributed by atoms with Crippen LogP contribution in [0.5, 0.6) is 0 Å². The van der Waals surface area contributed by atoms with Gasteiger partial charge in [-0.15, -0.1) is 10.2 Å². The summed E-state index contributed by atoms with van der Waals surface area (Å²) in [6.07, 6.45) is 4.99. The van der Waals surface area contributed by atoms with Crippen molar-refractivity contribution in [3.63, 3.8) is 0 Å². The Kier molecular flexibility index (Phi) is 4.08. The van der Waals surface area contributed by atoms with Gasteiger partial charge in [-0.05, 0) is 12.8 Å². The smallest absolute Gasteiger partial charge is 0.191 e. The molecular formula is C17H22N6O4. The van der Waals surface area contributed by atoms with Crippen LogP contribution in [0.25, 0.3) is 16.8 Å². The van der Waals surface area contributed by atoms with Crippen LogP contribution in [0.2, 0.25) is 0 Å². The van der Waals surface area contributed by atoms with Gasteiger partial charge in [0.2, 0.25) is 0 Å². The highest BCUT2D eigenvalue weighted by Gasteiger charge is 2.44. The Balaban J connectivity index is 1.56. The molecule has 0 spiro atoms. The summed E-state index contributed by atoms with van der Waals surface area (Å²) >= 11 is 0. The van der Waals surface area contributed by atoms with E-state index in [1.54, 1.807) is 10.9 Å². The normalized spacial score (nSPS) is 29.9. The summed E-state index contributed by atoms with van der Waals surface area (Å²) in [5.74, 6) is 1.30. The second-order valence-corrected chi connectivity index (χ2v) is 7.38. The minimum atomic E-state index is -1.19. The first-order valence-corrected chi connectivity index (χ1v) is 9.37. The average Bonchev–Trinajstić information content (AvgIpc) is 3.38. The average molecular weight is 374 g/mol. The maximum atomic E-state index is 10.3. The first-order chi connectivity index (χ1) is 13.2. The third kappa shape index (κ3) is 2.55. The molecule has 1 saturated heterocycles. The van der Waals surface area contributed by atoms with Crippen molar-refractivity contribution < 1.29 is 20.1 Å². The number of aromatic nitrogens is 6. The molecule has 3 aromatic rings. The molecule has 1 aliphatic heterocycles. The number of hydrogen-bond donors (Lipinski definition) is 3. The van der Waals surface area contributed by atoms with Gasteiger partial charge in [-0.2, -0.15) is 0 Å². The van der Waals surface area contributed by atoms with E-state index in [2.05, 4.69) is 20.2 Å². The molecule has 10 nitrogen and oxygen atoms in total. The van der Waals surface area contributed by atoms with Crippen molar-refractivity contribution >= 4 is 16.8 Å². The number of fused-ring (bicyclic) bond motifs is 3. The van der Waals surface area contributed by atoms with E-state index in [1.165, 1.54) is 25.6 Å². The number of ether oxygens (including phenoxy) is 1. The number of rotatable bonds is 3. The Bertz CT molecular complexity index is 965. The zero-order valence-corrected chi connectivity index (χ0v) is 14.7. The second-order valence-electron chi connectivity index (χ2n) is 7.38. The van der Waals surface area contributed by atoms with Crippen LogP contribution >= 0.6 is 0 Å². The fraction of sp³-hybridized carbons (Fsp3) is 0.647. The lowest BCUT2D eigenvalue weighted by Gasteiger charge is -2.19. The van der Waals surface area contributed by atoms with Crippen molar-refractivity contribution in [1.82, 2.24) is 29.1 Å². The Hall–Kier alpha value is -2.14. The molecule has 0 radical (unpaired) electrons. The summed E-state index contributed by atoms with van der Waals surface area (Å²) in [7, 11) is 0. The Morgan fingerprint density at radius 1 is 1.00 bits per heavy atom. The number of aliphatic hydroxyl groups is 3. The number of hydrogen-bond acceptors (Lipinski definition) is 8. The lowest BCUT2D eigenvalue weighted by molar-refractivity contribution is -0.0511. The molecule has 144 valence electrons. The minimum Gasteiger partial charge on any atom is -0.394 e. The molecule has 0 aromatic carbocycles. The van der Waals surface area contributed by atoms with E-state index in [1.807, 2.05) is 4.40 Å². The first kappa shape index (κ1) is 17.0. The molecule has 5 rings (SSSR count). The molecule has 1 aliphatic carbocycles. The maximum Gasteiger partial charge on any atom is 0.191 e. The molecule has 27 heavy (non-hydrogen) atoms. The highest BCUT2D eigenvalue weighted by Crippen LogP contribution is 2.34. The number of imidazole rings is 1. The van der Waals surface area contributed by atoms with Crippen LogP contribution in [0.4, 0.5) is 0 Å². The number of nitrogens with zero attached hydrogens (tertiary/aromatic N) is 6. The molecule has 0 unspecified atom stereocenters. The van der Waals surface area contributed by atoms with Crippen molar-refractivity contribution in [3.8, 4) is 0 Å². The molecule has 3 aromatic heterocycles. The van der Waals surface area contributed by atoms with Gasteiger partial charge in [-0.1, -0.05) is 19.3 Å². The maximum absolute atomic E-state index is 10.3. The summed E-state index contributed by atoms with van der Waals surface area (Å²) < 4.78 is 9.05. The summed E-state index contributed by atoms with van der Waals surface area (Å²) in [6, 6.07) is 0. The summed E-state index contributed by atoms with van der Waals surface area (Å²) in [5.41, 5.74) is 1.66. The van der Waals surface area contributed by atoms with Crippen LogP contribution in [-0.2, 0) is 4.74 Å². The lowest BCUT2D eigenvalue weighted by atomic mass is 9.89. The summed E-state index contributed by atoms with van der Waals surface area (Å²) in [4.78, 5) is 8.90. The monoisotopic (exact) mass is 374 g/mol. The lowest BCUT2D eigenvalue weighted by Crippen LogP contribution is -2.33. The van der Waals surface area contributed by atoms with E-state index in [0.29, 0.717) is 22.7 Å². The molecule has 4 atom stereocenters. The van der Waals surface area contributed by atoms with E-state index < -0.39 is 24.5 Å². The van der Waals surface area contributed by atoms with Crippen LogP contribution < -0.4 is 0 Å². The molecule has 2 aliphatic rings. The van der Waals surface area contributed by atoms with E-state index >= 15 is 0 Å². The Labute approximate surface area is 154 Å². The van der Waals surface area contributed by atoms with E-state index in [-0.39, 0.29) is 6.61 Å². The van der Waals surface area contributed by atoms with E-state index in [9.17, 15) is 15.3 Å². The topological polar surface area (TPSA) is 131 Å². The third-order valence-corrected chi connectivity index (χ3v) is 5.76. The predicted octanol–water partition coefficient (Wildman–Crippen LogP) is 0.133. The second kappa shape index (κ2) is 6.48. The van der Waals surface area contributed by atoms with Crippen LogP contribution in [-0.4, -0.2) is 69.4 Å². The van der Waals surface area contributed by atoms with Gasteiger partial charge in [0.1, 0.15) is 30.5 Å². The highest BCUT2D eigenvalue weighted by molar-refractivity contribution is 5.85. The van der Waals surface area contributed by atoms with Gasteiger partial charge in [-0.3, -0.25) is 8.97 Å². The van der Waals surface area contributed by atoms with Crippen LogP contribution in [0, 0.1) is 0 Å². The molecule has 2 fully saturated rings. The Morgan fingerprint density at radius 3 is 2.56 bits per heavy atom. The Morgan fingerprint density at radius 2 is 1.81 bits per heavy atom. The molecule has 1 saturated carbocycles. The van der Waals surface area contributed by atoms with Crippen LogP contribution in [0.3, 0.4) is 0 Å². The van der Waals surface area contributed by atoms with Crippen molar-refractivity contribution in [2.24, 2.45) is 0 Å². The zero-order valence-electron chi connectivity index (χ0n) is 14.7. The highest BCUT2D eigenvalue weighted by atomic mass is 16.6. The number of aliphatic hydroxyl groups excluding tert-OH is 3. The van der Waals surface area contributed by atoms with Gasteiger partial charge < -0.3 is 20.1 Å². The van der Waals surface area contributed by atoms with Gasteiger partial charge in [-0.25, -0.2) is 9.97 Å². The molecule has 0 amide bonds. The van der Waals surface area contributed by atoms with E-state index in [4.69, 9.17) is 4.74 Å². The van der Waals surface area contributed by atoms with Gasteiger partial charge >= 0.3 is 0 Å². The fourth-order valence-corrected chi connectivity index (χ4v) is 4.27. The third-order valence-electron chi connectivity index (χ3n) is 5.76. The zero-order chi connectivity index (χ0) is 18.5. The summed E-state index contributed by atoms with van der Waals surface area (Å²) in [6.45, 7) is -0.381. The molecule has 4 heterocycles. The quantitative estimate of drug-likeness (QED) is 0.590. The van der Waals surface area contributed by atoms with Crippen LogP contribution in [0.1, 0.15) is 50.1 Å². The molecule has 10 heteroatoms. The minimum absolute atomic E-state index is 0.381. The van der Waals surface area contributed by atoms with Crippen LogP contribution in [0.15, 0.2) is 12.7 Å². The van der Waals surface area contributed by atoms with E-state index in [0.717, 1.165) is 18.7 Å². The van der Waals surface area contributed by atoms with Gasteiger partial charge in [0.25, 0.3) is 0 Å². The standard InChI is InChI=1S/C17H22N6O4/c24-6-10-12(25)13(26)17(27-10)23-7-18-11-15(23)19-8-22-14(20-21-16(11)22)9-4-2-1-3-5-9/h7-10,12-13,17,24-26H,1-6H2/t10-,12-,13-,17-/m1/s1. The van der Waals surface area contributed by atoms with Crippen molar-refractivity contribution in [1.29, 1.82) is 0 Å². The SMILES string of the molecule is OC[C@H]1O[C@@H](n2cnc3c2ncn2c(C4CCCCC4)nnc32)[C@H](O)[C@@H]1O. The molecule has 3 N–H and O–H groups in total. The predicted molar refractivity (Wildman–Crippen MR) is 92.9 cm³/mol. The van der Waals surface area contributed by atoms with Crippen molar-refractivity contribution in [2.45, 2.75) is 62.6 Å². The van der Waals surface area contributed by atoms with Crippen molar-refractivity contribution in [2.75, 3.05) is 6.61 Å². The molecule has 0 bridgehead atoms. The molecular weight excluding hydrogens is 352 g/mol. The first-order valence-electron chi connectivity index (χ1n) is 9.37. The summed E-state index contributed by atoms with van der Waals surface area (Å²) in [5, 5.41) is 38.3.